The number of hydrogen-bond donors (Lipinski definition) is 5. The molecule has 1 aromatic rings. The van der Waals surface area contributed by atoms with E-state index >= 15 is 0 Å². The summed E-state index contributed by atoms with van der Waals surface area (Å²) in [7, 11) is 0. The van der Waals surface area contributed by atoms with E-state index in [-0.39, 0.29) is 41.9 Å². The van der Waals surface area contributed by atoms with Crippen LogP contribution in [0.2, 0.25) is 0 Å². The van der Waals surface area contributed by atoms with Crippen LogP contribution in [0.4, 0.5) is 0 Å². The Morgan fingerprint density at radius 2 is 1.06 bits per heavy atom. The highest BCUT2D eigenvalue weighted by Gasteiger charge is 1.96. The fourth-order valence-electron chi connectivity index (χ4n) is 0.773. The van der Waals surface area contributed by atoms with Crippen LogP contribution in [0.1, 0.15) is 20.7 Å². The molecule has 9 heteroatoms. The molecule has 9 nitrogen and oxygen atoms in total. The third kappa shape index (κ3) is 7.84. The van der Waals surface area contributed by atoms with Gasteiger partial charge in [0.05, 0.1) is 11.9 Å². The maximum Gasteiger partial charge on any atom is 0.0715 e. The van der Waals surface area contributed by atoms with Gasteiger partial charge in [-0.3, -0.25) is 0 Å². The van der Waals surface area contributed by atoms with Gasteiger partial charge in [-0.25, -0.2) is 0 Å². The number of carbonyl (C=O) groups excluding carboxylic acids is 2. The molecule has 0 aliphatic carbocycles. The van der Waals surface area contributed by atoms with Gasteiger partial charge in [-0.2, -0.15) is 0 Å². The van der Waals surface area contributed by atoms with Gasteiger partial charge in [-0.1, -0.05) is 18.2 Å². The van der Waals surface area contributed by atoms with Gasteiger partial charge in [-0.15, -0.1) is 0 Å². The van der Waals surface area contributed by atoms with Crippen molar-refractivity contribution in [2.24, 2.45) is 0 Å². The highest BCUT2D eigenvalue weighted by atomic mass is 16.4. The van der Waals surface area contributed by atoms with Crippen molar-refractivity contribution in [3.8, 4) is 0 Å². The van der Waals surface area contributed by atoms with E-state index in [0.29, 0.717) is 0 Å². The highest BCUT2D eigenvalue weighted by Crippen LogP contribution is 2.02. The lowest BCUT2D eigenvalue weighted by Gasteiger charge is -2.05. The van der Waals surface area contributed by atoms with Crippen LogP contribution in [-0.4, -0.2) is 11.9 Å². The Morgan fingerprint density at radius 1 is 0.765 bits per heavy atom. The normalized spacial score (nSPS) is 6.59. The summed E-state index contributed by atoms with van der Waals surface area (Å²) in [5, 5.41) is 20.5. The lowest BCUT2D eigenvalue weighted by molar-refractivity contribution is -0.255. The van der Waals surface area contributed by atoms with E-state index in [0.717, 1.165) is 6.07 Å². The van der Waals surface area contributed by atoms with E-state index in [1.807, 2.05) is 0 Å². The fraction of sp³-hybridized carbons (Fsp3) is 0. The number of hydrogen-bond acceptors (Lipinski definition) is 4. The molecule has 0 heterocycles. The second kappa shape index (κ2) is 12.0. The first-order chi connectivity index (χ1) is 5.61. The number of benzene rings is 1. The molecule has 17 heavy (non-hydrogen) atoms. The van der Waals surface area contributed by atoms with Gasteiger partial charge in [0.1, 0.15) is 0 Å². The zero-order chi connectivity index (χ0) is 9.14. The van der Waals surface area contributed by atoms with Crippen molar-refractivity contribution in [3.63, 3.8) is 0 Å². The summed E-state index contributed by atoms with van der Waals surface area (Å²) >= 11 is 0. The molecule has 0 saturated heterocycles. The van der Waals surface area contributed by atoms with Crippen molar-refractivity contribution in [1.29, 1.82) is 0 Å². The van der Waals surface area contributed by atoms with Crippen LogP contribution < -0.4 is 41.0 Å². The molecule has 0 unspecified atom stereocenters. The van der Waals surface area contributed by atoms with E-state index in [1.54, 1.807) is 0 Å². The molecule has 0 atom stereocenters. The number of rotatable bonds is 2. The van der Waals surface area contributed by atoms with Crippen LogP contribution in [0.15, 0.2) is 24.3 Å². The monoisotopic (exact) mass is 254 g/mol. The Balaban J connectivity index is -0.0000000960. The Labute approximate surface area is 98.8 Å². The molecule has 0 aromatic heterocycles. The van der Waals surface area contributed by atoms with Gasteiger partial charge in [0, 0.05) is 0 Å². The molecular formula is C8H24N5O4+3. The Bertz CT molecular complexity index is 315. The summed E-state index contributed by atoms with van der Waals surface area (Å²) in [5.41, 5.74) is -0.339. The van der Waals surface area contributed by atoms with Crippen LogP contribution in [-0.2, 0) is 0 Å². The lowest BCUT2D eigenvalue weighted by Crippen LogP contribution is -2.25. The topological polar surface area (TPSA) is 263 Å². The molecule has 0 aliphatic rings. The second-order valence-corrected chi connectivity index (χ2v) is 2.16. The molecule has 102 valence electrons. The maximum atomic E-state index is 10.3. The van der Waals surface area contributed by atoms with Gasteiger partial charge in [0.15, 0.2) is 0 Å². The summed E-state index contributed by atoms with van der Waals surface area (Å²) in [6.07, 6.45) is 0. The van der Waals surface area contributed by atoms with E-state index in [4.69, 9.17) is 0 Å². The average Bonchev–Trinajstić information content (AvgIpc) is 2.04. The molecule has 1 rings (SSSR count). The molecular weight excluding hydrogens is 230 g/mol. The smallest absolute Gasteiger partial charge is 0.0715 e. The number of aromatic carboxylic acids is 2. The second-order valence-electron chi connectivity index (χ2n) is 2.16. The van der Waals surface area contributed by atoms with Crippen LogP contribution >= 0.6 is 0 Å². The molecule has 0 saturated carbocycles. The number of carboxylic acids is 2. The average molecular weight is 254 g/mol. The zero-order valence-electron chi connectivity index (χ0n) is 10.9. The van der Waals surface area contributed by atoms with E-state index in [2.05, 4.69) is 0 Å². The molecule has 0 aliphatic heterocycles. The summed E-state index contributed by atoms with van der Waals surface area (Å²) in [6, 6.07) is 4.81. The van der Waals surface area contributed by atoms with Gasteiger partial charge in [0.2, 0.25) is 0 Å². The number of carbonyl (C=O) groups is 2. The van der Waals surface area contributed by atoms with Gasteiger partial charge in [-0.05, 0) is 17.2 Å². The standard InChI is InChI=1S/C8H6O4.5H3N/c9-7(10)5-2-1-3-6(4-5)8(11)12;;;;;/h1-4H,(H,9,10)(H,11,12);5*1H3/p+3. The van der Waals surface area contributed by atoms with Crippen molar-refractivity contribution < 1.29 is 19.8 Å². The molecule has 0 bridgehead atoms. The largest absolute Gasteiger partial charge is 0.545 e. The first-order valence-corrected chi connectivity index (χ1v) is 3.14. The minimum absolute atomic E-state index is 0. The summed E-state index contributed by atoms with van der Waals surface area (Å²) in [6.45, 7) is 0. The molecule has 0 fully saturated rings. The first-order valence-electron chi connectivity index (χ1n) is 3.14. The molecule has 1 aromatic carbocycles. The lowest BCUT2D eigenvalue weighted by atomic mass is 10.1. The quantitative estimate of drug-likeness (QED) is 0.497. The van der Waals surface area contributed by atoms with E-state index in [1.165, 1.54) is 18.2 Å². The van der Waals surface area contributed by atoms with Crippen molar-refractivity contribution in [2.75, 3.05) is 0 Å². The predicted octanol–water partition coefficient (Wildman–Crippen LogP) is 0.295. The zero-order valence-corrected chi connectivity index (χ0v) is 10.9. The fourth-order valence-corrected chi connectivity index (χ4v) is 0.773. The van der Waals surface area contributed by atoms with Crippen molar-refractivity contribution in [3.05, 3.63) is 35.4 Å². The highest BCUT2D eigenvalue weighted by molar-refractivity contribution is 5.91. The molecule has 0 spiro atoms. The van der Waals surface area contributed by atoms with Gasteiger partial charge >= 0.3 is 0 Å². The van der Waals surface area contributed by atoms with Gasteiger partial charge in [0.25, 0.3) is 0 Å². The predicted molar refractivity (Wildman–Crippen MR) is 65.0 cm³/mol. The Kier molecular flexibility index (Phi) is 20.8. The molecule has 20 N–H and O–H groups in total. The third-order valence-corrected chi connectivity index (χ3v) is 1.33. The first kappa shape index (κ1) is 29.4. The maximum absolute atomic E-state index is 10.3. The van der Waals surface area contributed by atoms with Crippen LogP contribution in [0, 0.1) is 0 Å². The van der Waals surface area contributed by atoms with Gasteiger partial charge < -0.3 is 50.6 Å². The minimum Gasteiger partial charge on any atom is -0.545 e. The van der Waals surface area contributed by atoms with Crippen LogP contribution in [0.3, 0.4) is 0 Å². The number of carboxylic acid groups (broad SMARTS) is 2. The minimum atomic E-state index is -1.40. The van der Waals surface area contributed by atoms with E-state index < -0.39 is 11.9 Å². The van der Waals surface area contributed by atoms with Crippen molar-refractivity contribution in [2.45, 2.75) is 0 Å². The third-order valence-electron chi connectivity index (χ3n) is 1.33. The molecule has 0 amide bonds. The van der Waals surface area contributed by atoms with Crippen molar-refractivity contribution in [1.82, 2.24) is 30.8 Å². The Hall–Kier alpha value is -2.04. The van der Waals surface area contributed by atoms with E-state index in [9.17, 15) is 19.8 Å². The summed E-state index contributed by atoms with van der Waals surface area (Å²) < 4.78 is 0. The summed E-state index contributed by atoms with van der Waals surface area (Å²) in [5.74, 6) is -2.81. The van der Waals surface area contributed by atoms with Crippen LogP contribution in [0.25, 0.3) is 0 Å². The molecule has 0 radical (unpaired) electrons. The SMILES string of the molecule is O=C([O-])c1cccc(C(=O)[O-])c1.[NH4+].[NH4+].[NH4+].[NH4+].[NH4+]. The Morgan fingerprint density at radius 3 is 1.29 bits per heavy atom. The van der Waals surface area contributed by atoms with Crippen molar-refractivity contribution >= 4 is 11.9 Å². The summed E-state index contributed by atoms with van der Waals surface area (Å²) in [4.78, 5) is 20.5. The van der Waals surface area contributed by atoms with Crippen LogP contribution in [0.5, 0.6) is 0 Å². The number of quaternary nitrogens is 5.